The normalized spacial score (nSPS) is 12.0. The van der Waals surface area contributed by atoms with Gasteiger partial charge in [-0.3, -0.25) is 9.59 Å². The van der Waals surface area contributed by atoms with E-state index in [9.17, 15) is 35.9 Å². The van der Waals surface area contributed by atoms with Crippen molar-refractivity contribution in [3.8, 4) is 5.82 Å². The minimum Gasteiger partial charge on any atom is -0.352 e. The van der Waals surface area contributed by atoms with Crippen LogP contribution in [-0.4, -0.2) is 48.0 Å². The Labute approximate surface area is 252 Å². The maximum absolute atomic E-state index is 13.7. The first-order valence-electron chi connectivity index (χ1n) is 12.0. The van der Waals surface area contributed by atoms with Gasteiger partial charge in [0.25, 0.3) is 5.91 Å². The lowest BCUT2D eigenvalue weighted by molar-refractivity contribution is -0.165. The molecule has 222 valence electrons. The van der Waals surface area contributed by atoms with Gasteiger partial charge in [-0.15, -0.1) is 10.2 Å². The number of benzene rings is 1. The van der Waals surface area contributed by atoms with Crippen LogP contribution < -0.4 is 5.32 Å². The van der Waals surface area contributed by atoms with Crippen molar-refractivity contribution in [1.29, 1.82) is 0 Å². The van der Waals surface area contributed by atoms with Gasteiger partial charge in [-0.05, 0) is 77.9 Å². The van der Waals surface area contributed by atoms with Crippen molar-refractivity contribution in [2.75, 3.05) is 6.54 Å². The minimum atomic E-state index is -5.42. The minimum absolute atomic E-state index is 0.0163. The first-order chi connectivity index (χ1) is 19.6. The molecule has 0 saturated carbocycles. The van der Waals surface area contributed by atoms with E-state index in [0.717, 1.165) is 8.25 Å². The Balaban J connectivity index is 1.79. The van der Waals surface area contributed by atoms with Crippen LogP contribution in [0.4, 0.5) is 26.3 Å². The van der Waals surface area contributed by atoms with Crippen LogP contribution in [0.1, 0.15) is 56.0 Å². The van der Waals surface area contributed by atoms with Crippen LogP contribution in [0.3, 0.4) is 0 Å². The Kier molecular flexibility index (Phi) is 8.96. The summed E-state index contributed by atoms with van der Waals surface area (Å²) in [5, 5.41) is 12.9. The van der Waals surface area contributed by atoms with E-state index in [2.05, 4.69) is 25.6 Å². The molecule has 0 saturated heterocycles. The molecule has 0 unspecified atom stereocenters. The van der Waals surface area contributed by atoms with Gasteiger partial charge < -0.3 is 5.32 Å². The van der Waals surface area contributed by atoms with Gasteiger partial charge in [0.1, 0.15) is 12.2 Å². The van der Waals surface area contributed by atoms with Gasteiger partial charge in [0.2, 0.25) is 0 Å². The predicted molar refractivity (Wildman–Crippen MR) is 145 cm³/mol. The van der Waals surface area contributed by atoms with Crippen molar-refractivity contribution in [1.82, 2.24) is 35.1 Å². The molecule has 4 aromatic rings. The summed E-state index contributed by atoms with van der Waals surface area (Å²) in [5.41, 5.74) is -3.34. The molecule has 0 spiro atoms. The molecule has 0 radical (unpaired) electrons. The average molecular weight is 726 g/mol. The van der Waals surface area contributed by atoms with E-state index in [-0.39, 0.29) is 39.0 Å². The number of pyridine rings is 1. The highest BCUT2D eigenvalue weighted by atomic mass is 127. The molecule has 17 heteroatoms. The highest BCUT2D eigenvalue weighted by Crippen LogP contribution is 2.38. The van der Waals surface area contributed by atoms with Crippen molar-refractivity contribution in [2.45, 2.75) is 39.2 Å². The van der Waals surface area contributed by atoms with Crippen molar-refractivity contribution in [2.24, 2.45) is 0 Å². The molecular formula is C25H19ClF6IN7O2. The fourth-order valence-electron chi connectivity index (χ4n) is 4.06. The highest BCUT2D eigenvalue weighted by Gasteiger charge is 2.48. The zero-order valence-electron chi connectivity index (χ0n) is 21.6. The molecule has 0 aliphatic rings. The molecule has 0 bridgehead atoms. The number of Topliss-reactive ketones (excluding diaryl/α,β-unsaturated/α-hetero) is 1. The van der Waals surface area contributed by atoms with Gasteiger partial charge >= 0.3 is 12.4 Å². The molecule has 3 heterocycles. The second kappa shape index (κ2) is 12.0. The zero-order valence-corrected chi connectivity index (χ0v) is 24.5. The third kappa shape index (κ3) is 6.74. The van der Waals surface area contributed by atoms with Crippen LogP contribution in [0.2, 0.25) is 5.02 Å². The molecule has 1 N–H and O–H groups in total. The van der Waals surface area contributed by atoms with E-state index in [1.807, 2.05) is 22.6 Å². The molecular weight excluding hydrogens is 707 g/mol. The van der Waals surface area contributed by atoms with Crippen LogP contribution in [0.15, 0.2) is 36.5 Å². The Hall–Kier alpha value is -3.54. The standard InChI is InChI=1S/C25H19ClF6IN7O2/c1-3-34-23(42)16-8-13(33)7-12(2)15(16)10-19(41)18-9-14(36-40(18)22-17(26)5-4-6-35-22)11-39-37-20(24(27,28)29)21(38-39)25(30,31)32/h4-9H,3,10-11H2,1-2H3,(H,34,42). The number of rotatable bonds is 8. The van der Waals surface area contributed by atoms with Gasteiger partial charge in [0, 0.05) is 28.3 Å². The number of amides is 1. The first kappa shape index (κ1) is 31.4. The number of hydrogen-bond acceptors (Lipinski definition) is 6. The van der Waals surface area contributed by atoms with Crippen molar-refractivity contribution in [3.63, 3.8) is 0 Å². The molecule has 0 fully saturated rings. The summed E-state index contributed by atoms with van der Waals surface area (Å²) >= 11 is 8.31. The Bertz CT molecular complexity index is 1630. The van der Waals surface area contributed by atoms with Crippen molar-refractivity contribution in [3.05, 3.63) is 84.6 Å². The van der Waals surface area contributed by atoms with E-state index >= 15 is 0 Å². The fourth-order valence-corrected chi connectivity index (χ4v) is 5.04. The van der Waals surface area contributed by atoms with Crippen molar-refractivity contribution >= 4 is 45.9 Å². The van der Waals surface area contributed by atoms with E-state index in [0.29, 0.717) is 17.7 Å². The number of ketones is 1. The average Bonchev–Trinajstić information content (AvgIpc) is 3.51. The topological polar surface area (TPSA) is 108 Å². The summed E-state index contributed by atoms with van der Waals surface area (Å²) in [5.74, 6) is -0.988. The number of aryl methyl sites for hydroxylation is 1. The fraction of sp³-hybridized carbons (Fsp3) is 0.280. The quantitative estimate of drug-likeness (QED) is 0.142. The van der Waals surface area contributed by atoms with Crippen LogP contribution in [0, 0.1) is 10.5 Å². The lowest BCUT2D eigenvalue weighted by Crippen LogP contribution is -2.25. The number of aromatic nitrogens is 6. The molecule has 42 heavy (non-hydrogen) atoms. The maximum atomic E-state index is 13.7. The zero-order chi connectivity index (χ0) is 31.0. The first-order valence-corrected chi connectivity index (χ1v) is 13.5. The van der Waals surface area contributed by atoms with Crippen LogP contribution in [0.5, 0.6) is 0 Å². The molecule has 9 nitrogen and oxygen atoms in total. The smallest absolute Gasteiger partial charge is 0.352 e. The van der Waals surface area contributed by atoms with Crippen molar-refractivity contribution < 1.29 is 35.9 Å². The third-order valence-corrected chi connectivity index (χ3v) is 6.76. The summed E-state index contributed by atoms with van der Waals surface area (Å²) < 4.78 is 81.2. The van der Waals surface area contributed by atoms with Crippen LogP contribution in [-0.2, 0) is 25.3 Å². The summed E-state index contributed by atoms with van der Waals surface area (Å²) in [6, 6.07) is 7.54. The number of halogens is 8. The second-order valence-corrected chi connectivity index (χ2v) is 10.5. The maximum Gasteiger partial charge on any atom is 0.437 e. The lowest BCUT2D eigenvalue weighted by atomic mass is 9.95. The van der Waals surface area contributed by atoms with E-state index < -0.39 is 42.0 Å². The Morgan fingerprint density at radius 2 is 1.67 bits per heavy atom. The second-order valence-electron chi connectivity index (χ2n) is 8.87. The van der Waals surface area contributed by atoms with Gasteiger partial charge in [-0.2, -0.15) is 36.2 Å². The number of nitrogens with zero attached hydrogens (tertiary/aromatic N) is 6. The van der Waals surface area contributed by atoms with E-state index in [1.165, 1.54) is 24.4 Å². The lowest BCUT2D eigenvalue weighted by Gasteiger charge is -2.14. The SMILES string of the molecule is CCNC(=O)c1cc(I)cc(C)c1CC(=O)c1cc(Cn2nc(C(F)(F)F)c(C(F)(F)F)n2)nn1-c1ncccc1Cl. The highest BCUT2D eigenvalue weighted by molar-refractivity contribution is 14.1. The number of alkyl halides is 6. The van der Waals surface area contributed by atoms with Gasteiger partial charge in [-0.25, -0.2) is 9.67 Å². The summed E-state index contributed by atoms with van der Waals surface area (Å²) in [6.45, 7) is 3.07. The number of carbonyl (C=O) groups excluding carboxylic acids is 2. The molecule has 0 aliphatic heterocycles. The van der Waals surface area contributed by atoms with Crippen LogP contribution in [0.25, 0.3) is 5.82 Å². The molecule has 0 atom stereocenters. The summed E-state index contributed by atoms with van der Waals surface area (Å²) in [7, 11) is 0. The largest absolute Gasteiger partial charge is 0.437 e. The number of hydrogen-bond donors (Lipinski definition) is 1. The van der Waals surface area contributed by atoms with Crippen LogP contribution >= 0.6 is 34.2 Å². The van der Waals surface area contributed by atoms with Gasteiger partial charge in [0.15, 0.2) is 23.0 Å². The van der Waals surface area contributed by atoms with Gasteiger partial charge in [0.05, 0.1) is 10.7 Å². The summed E-state index contributed by atoms with van der Waals surface area (Å²) in [6.07, 6.45) is -9.77. The van der Waals surface area contributed by atoms with E-state index in [1.54, 1.807) is 26.0 Å². The molecule has 4 rings (SSSR count). The predicted octanol–water partition coefficient (Wildman–Crippen LogP) is 5.69. The number of nitrogens with one attached hydrogen (secondary N) is 1. The third-order valence-electron chi connectivity index (χ3n) is 5.84. The molecule has 3 aromatic heterocycles. The monoisotopic (exact) mass is 725 g/mol. The summed E-state index contributed by atoms with van der Waals surface area (Å²) in [4.78, 5) is 30.7. The molecule has 0 aliphatic carbocycles. The molecule has 1 amide bonds. The van der Waals surface area contributed by atoms with Gasteiger partial charge in [-0.1, -0.05) is 11.6 Å². The Morgan fingerprint density at radius 1 is 1.02 bits per heavy atom. The van der Waals surface area contributed by atoms with E-state index in [4.69, 9.17) is 11.6 Å². The molecule has 1 aromatic carbocycles. The number of carbonyl (C=O) groups is 2. The Morgan fingerprint density at radius 3 is 2.24 bits per heavy atom.